The Morgan fingerprint density at radius 1 is 1.14 bits per heavy atom. The van der Waals surface area contributed by atoms with E-state index in [1.165, 1.54) is 12.1 Å². The van der Waals surface area contributed by atoms with E-state index < -0.39 is 23.4 Å². The van der Waals surface area contributed by atoms with Crippen molar-refractivity contribution in [1.82, 2.24) is 14.8 Å². The van der Waals surface area contributed by atoms with Gasteiger partial charge >= 0.3 is 5.97 Å². The summed E-state index contributed by atoms with van der Waals surface area (Å²) in [6.45, 7) is 1.07. The Labute approximate surface area is 198 Å². The third-order valence-corrected chi connectivity index (χ3v) is 7.63. The van der Waals surface area contributed by atoms with E-state index in [2.05, 4.69) is 10.2 Å². The molecule has 2 aliphatic rings. The minimum Gasteiger partial charge on any atom is -0.479 e. The average molecular weight is 483 g/mol. The minimum absolute atomic E-state index is 0.00786. The number of benzene rings is 2. The van der Waals surface area contributed by atoms with Crippen molar-refractivity contribution in [2.75, 3.05) is 13.2 Å². The van der Waals surface area contributed by atoms with Crippen LogP contribution in [0.25, 0.3) is 27.5 Å². The molecule has 2 N–H and O–H groups in total. The zero-order chi connectivity index (χ0) is 24.3. The molecule has 35 heavy (non-hydrogen) atoms. The Kier molecular flexibility index (Phi) is 5.14. The SMILES string of the molecule is O=C(O)[C@]1(F)CC[C@@H](c2c(C3CCOCC3)n(-c3ccc(F)cc3)c3cc4cn[nH]c4c(F)c23)C1. The molecule has 2 fully saturated rings. The number of alkyl halides is 1. The molecule has 0 bridgehead atoms. The first kappa shape index (κ1) is 22.2. The van der Waals surface area contributed by atoms with E-state index >= 15 is 8.78 Å². The third-order valence-electron chi connectivity index (χ3n) is 7.63. The van der Waals surface area contributed by atoms with Crippen LogP contribution in [0, 0.1) is 11.6 Å². The number of aromatic nitrogens is 3. The van der Waals surface area contributed by atoms with Crippen molar-refractivity contribution >= 4 is 27.8 Å². The van der Waals surface area contributed by atoms with Gasteiger partial charge in [0.1, 0.15) is 11.3 Å². The van der Waals surface area contributed by atoms with E-state index in [0.717, 1.165) is 5.69 Å². The van der Waals surface area contributed by atoms with Crippen molar-refractivity contribution in [3.8, 4) is 5.69 Å². The summed E-state index contributed by atoms with van der Waals surface area (Å²) in [5.41, 5.74) is 0.605. The molecular weight excluding hydrogens is 459 g/mol. The van der Waals surface area contributed by atoms with E-state index in [-0.39, 0.29) is 30.1 Å². The Hall–Kier alpha value is -3.33. The molecular formula is C26H24F3N3O3. The normalized spacial score (nSPS) is 23.5. The topological polar surface area (TPSA) is 80.1 Å². The first-order valence-corrected chi connectivity index (χ1v) is 11.8. The molecule has 1 aliphatic heterocycles. The Bertz CT molecular complexity index is 1440. The van der Waals surface area contributed by atoms with Gasteiger partial charge in [-0.05, 0) is 73.9 Å². The van der Waals surface area contributed by atoms with Gasteiger partial charge in [-0.25, -0.2) is 18.0 Å². The maximum atomic E-state index is 16.1. The Balaban J connectivity index is 1.69. The molecule has 182 valence electrons. The molecule has 9 heteroatoms. The van der Waals surface area contributed by atoms with Crippen LogP contribution in [0.4, 0.5) is 13.2 Å². The van der Waals surface area contributed by atoms with Crippen LogP contribution in [0.2, 0.25) is 0 Å². The van der Waals surface area contributed by atoms with Gasteiger partial charge in [0.25, 0.3) is 0 Å². The van der Waals surface area contributed by atoms with Gasteiger partial charge in [0.15, 0.2) is 5.82 Å². The van der Waals surface area contributed by atoms with E-state index in [4.69, 9.17) is 4.74 Å². The summed E-state index contributed by atoms with van der Waals surface area (Å²) in [6.07, 6.45) is 2.87. The molecule has 1 aliphatic carbocycles. The number of carboxylic acid groups (broad SMARTS) is 1. The lowest BCUT2D eigenvalue weighted by molar-refractivity contribution is -0.150. The molecule has 0 spiro atoms. The maximum absolute atomic E-state index is 16.1. The van der Waals surface area contributed by atoms with Gasteiger partial charge < -0.3 is 14.4 Å². The van der Waals surface area contributed by atoms with Crippen LogP contribution in [0.5, 0.6) is 0 Å². The van der Waals surface area contributed by atoms with Crippen molar-refractivity contribution in [3.63, 3.8) is 0 Å². The summed E-state index contributed by atoms with van der Waals surface area (Å²) in [7, 11) is 0. The Morgan fingerprint density at radius 2 is 1.89 bits per heavy atom. The van der Waals surface area contributed by atoms with E-state index in [1.54, 1.807) is 18.3 Å². The number of nitrogens with zero attached hydrogens (tertiary/aromatic N) is 2. The summed E-state index contributed by atoms with van der Waals surface area (Å²) < 4.78 is 52.7. The first-order valence-electron chi connectivity index (χ1n) is 11.8. The van der Waals surface area contributed by atoms with Crippen molar-refractivity contribution in [2.24, 2.45) is 0 Å². The standard InChI is InChI=1S/C26H24F3N3O3/c27-17-1-3-18(4-2-17)32-19-11-16-13-30-31-23(16)22(28)21(19)20(24(32)14-6-9-35-10-7-14)15-5-8-26(29,12-15)25(33)34/h1-4,11,13-15H,5-10,12H2,(H,30,31)(H,33,34)/t15-,26+/m1/s1. The van der Waals surface area contributed by atoms with Crippen LogP contribution in [0.1, 0.15) is 55.2 Å². The molecule has 2 aromatic heterocycles. The van der Waals surface area contributed by atoms with E-state index in [9.17, 15) is 14.3 Å². The number of nitrogens with one attached hydrogen (secondary N) is 1. The van der Waals surface area contributed by atoms with Crippen molar-refractivity contribution in [2.45, 2.75) is 49.6 Å². The summed E-state index contributed by atoms with van der Waals surface area (Å²) in [6, 6.07) is 7.83. The Morgan fingerprint density at radius 3 is 2.57 bits per heavy atom. The summed E-state index contributed by atoms with van der Waals surface area (Å²) in [4.78, 5) is 11.7. The molecule has 6 rings (SSSR count). The number of hydrogen-bond donors (Lipinski definition) is 2. The van der Waals surface area contributed by atoms with Crippen LogP contribution in [0.15, 0.2) is 36.5 Å². The molecule has 0 radical (unpaired) electrons. The fourth-order valence-electron chi connectivity index (χ4n) is 5.94. The molecule has 2 aromatic carbocycles. The fourth-order valence-corrected chi connectivity index (χ4v) is 5.94. The highest BCUT2D eigenvalue weighted by atomic mass is 19.1. The van der Waals surface area contributed by atoms with E-state index in [0.29, 0.717) is 60.0 Å². The van der Waals surface area contributed by atoms with Gasteiger partial charge in [0.2, 0.25) is 5.67 Å². The maximum Gasteiger partial charge on any atom is 0.341 e. The van der Waals surface area contributed by atoms with Gasteiger partial charge in [-0.15, -0.1) is 0 Å². The lowest BCUT2D eigenvalue weighted by Gasteiger charge is -2.27. The molecule has 1 saturated heterocycles. The molecule has 3 heterocycles. The van der Waals surface area contributed by atoms with Crippen molar-refractivity contribution < 1.29 is 27.8 Å². The van der Waals surface area contributed by atoms with Crippen molar-refractivity contribution in [1.29, 1.82) is 0 Å². The van der Waals surface area contributed by atoms with Crippen LogP contribution in [-0.4, -0.2) is 44.7 Å². The number of halogens is 3. The number of fused-ring (bicyclic) bond motifs is 2. The molecule has 2 atom stereocenters. The second kappa shape index (κ2) is 8.12. The zero-order valence-corrected chi connectivity index (χ0v) is 18.9. The van der Waals surface area contributed by atoms with Gasteiger partial charge in [0.05, 0.1) is 11.7 Å². The number of H-pyrrole nitrogens is 1. The number of carbonyl (C=O) groups is 1. The molecule has 6 nitrogen and oxygen atoms in total. The minimum atomic E-state index is -2.35. The van der Waals surface area contributed by atoms with Crippen LogP contribution in [0.3, 0.4) is 0 Å². The van der Waals surface area contributed by atoms with Gasteiger partial charge in [-0.1, -0.05) is 0 Å². The number of ether oxygens (including phenoxy) is 1. The molecule has 1 saturated carbocycles. The van der Waals surface area contributed by atoms with Crippen LogP contribution < -0.4 is 0 Å². The highest BCUT2D eigenvalue weighted by Crippen LogP contribution is 2.51. The predicted octanol–water partition coefficient (Wildman–Crippen LogP) is 5.74. The highest BCUT2D eigenvalue weighted by Gasteiger charge is 2.48. The molecule has 0 amide bonds. The monoisotopic (exact) mass is 483 g/mol. The van der Waals surface area contributed by atoms with Gasteiger partial charge in [-0.3, -0.25) is 5.10 Å². The molecule has 0 unspecified atom stereocenters. The smallest absolute Gasteiger partial charge is 0.341 e. The number of hydrogen-bond acceptors (Lipinski definition) is 3. The fraction of sp³-hybridized carbons (Fsp3) is 0.385. The lowest BCUT2D eigenvalue weighted by atomic mass is 9.85. The van der Waals surface area contributed by atoms with Crippen LogP contribution in [-0.2, 0) is 9.53 Å². The largest absolute Gasteiger partial charge is 0.479 e. The lowest BCUT2D eigenvalue weighted by Crippen LogP contribution is -2.30. The van der Waals surface area contributed by atoms with E-state index in [1.807, 2.05) is 10.6 Å². The van der Waals surface area contributed by atoms with Gasteiger partial charge in [-0.2, -0.15) is 5.10 Å². The number of aromatic amines is 1. The number of rotatable bonds is 4. The highest BCUT2D eigenvalue weighted by molar-refractivity contribution is 6.00. The third kappa shape index (κ3) is 3.43. The quantitative estimate of drug-likeness (QED) is 0.388. The molecule has 4 aromatic rings. The summed E-state index contributed by atoms with van der Waals surface area (Å²) in [5.74, 6) is -2.85. The summed E-state index contributed by atoms with van der Waals surface area (Å²) >= 11 is 0. The second-order valence-electron chi connectivity index (χ2n) is 9.63. The number of aliphatic carboxylic acids is 1. The van der Waals surface area contributed by atoms with Gasteiger partial charge in [0, 0.05) is 41.3 Å². The second-order valence-corrected chi connectivity index (χ2v) is 9.63. The number of carboxylic acids is 1. The van der Waals surface area contributed by atoms with Crippen LogP contribution >= 0.6 is 0 Å². The summed E-state index contributed by atoms with van der Waals surface area (Å²) in [5, 5.41) is 17.1. The average Bonchev–Trinajstić information content (AvgIpc) is 3.57. The predicted molar refractivity (Wildman–Crippen MR) is 124 cm³/mol. The first-order chi connectivity index (χ1) is 16.9. The zero-order valence-electron chi connectivity index (χ0n) is 18.9. The van der Waals surface area contributed by atoms with Crippen molar-refractivity contribution in [3.05, 3.63) is 59.4 Å².